The average molecular weight is 459 g/mol. The summed E-state index contributed by atoms with van der Waals surface area (Å²) in [7, 11) is 4.30. The molecular formula is C33H34N2. The van der Waals surface area contributed by atoms with Gasteiger partial charge in [-0.05, 0) is 82.8 Å². The lowest BCUT2D eigenvalue weighted by Gasteiger charge is -2.31. The lowest BCUT2D eigenvalue weighted by Crippen LogP contribution is -2.27. The molecule has 4 aromatic rings. The summed E-state index contributed by atoms with van der Waals surface area (Å²) in [5.41, 5.74) is 13.7. The Balaban J connectivity index is 1.67. The third kappa shape index (κ3) is 3.24. The van der Waals surface area contributed by atoms with Crippen molar-refractivity contribution >= 4 is 0 Å². The van der Waals surface area contributed by atoms with Gasteiger partial charge in [-0.3, -0.25) is 4.90 Å². The molecule has 0 saturated heterocycles. The van der Waals surface area contributed by atoms with Crippen molar-refractivity contribution in [1.29, 1.82) is 0 Å². The van der Waals surface area contributed by atoms with Gasteiger partial charge in [0.25, 0.3) is 0 Å². The van der Waals surface area contributed by atoms with E-state index < -0.39 is 0 Å². The molecule has 2 heteroatoms. The molecule has 0 radical (unpaired) electrons. The third-order valence-corrected chi connectivity index (χ3v) is 8.02. The Morgan fingerprint density at radius 2 is 1.00 bits per heavy atom. The van der Waals surface area contributed by atoms with Crippen LogP contribution in [0.25, 0.3) is 22.3 Å². The molecule has 2 nitrogen and oxygen atoms in total. The quantitative estimate of drug-likeness (QED) is 0.267. The SMILES string of the molecule is CCN(CC)Cc1ccc2c(c1)C1(c3ccccc3-c3ccc(CN(C)C)cc31)c1ccccc1-2. The molecule has 0 saturated carbocycles. The number of hydrogen-bond acceptors (Lipinski definition) is 2. The van der Waals surface area contributed by atoms with Gasteiger partial charge in [0, 0.05) is 13.1 Å². The highest BCUT2D eigenvalue weighted by molar-refractivity contribution is 5.95. The minimum absolute atomic E-state index is 0.264. The Morgan fingerprint density at radius 1 is 0.543 bits per heavy atom. The van der Waals surface area contributed by atoms with Crippen molar-refractivity contribution in [3.05, 3.63) is 118 Å². The van der Waals surface area contributed by atoms with Gasteiger partial charge in [-0.25, -0.2) is 0 Å². The fourth-order valence-electron chi connectivity index (χ4n) is 6.50. The van der Waals surface area contributed by atoms with Gasteiger partial charge in [-0.15, -0.1) is 0 Å². The molecule has 1 spiro atoms. The molecule has 0 amide bonds. The summed E-state index contributed by atoms with van der Waals surface area (Å²) in [5.74, 6) is 0. The first-order valence-electron chi connectivity index (χ1n) is 12.9. The molecule has 0 heterocycles. The predicted molar refractivity (Wildman–Crippen MR) is 147 cm³/mol. The summed E-state index contributed by atoms with van der Waals surface area (Å²) in [6.07, 6.45) is 0. The Morgan fingerprint density at radius 3 is 1.49 bits per heavy atom. The van der Waals surface area contributed by atoms with E-state index in [1.807, 2.05) is 0 Å². The Bertz CT molecular complexity index is 1400. The van der Waals surface area contributed by atoms with Crippen molar-refractivity contribution in [1.82, 2.24) is 9.80 Å². The molecule has 35 heavy (non-hydrogen) atoms. The van der Waals surface area contributed by atoms with Crippen molar-refractivity contribution in [3.8, 4) is 22.3 Å². The molecule has 0 N–H and O–H groups in total. The summed E-state index contributed by atoms with van der Waals surface area (Å²) in [4.78, 5) is 4.76. The van der Waals surface area contributed by atoms with E-state index in [1.165, 1.54) is 55.6 Å². The number of fused-ring (bicyclic) bond motifs is 10. The summed E-state index contributed by atoms with van der Waals surface area (Å²) < 4.78 is 0. The predicted octanol–water partition coefficient (Wildman–Crippen LogP) is 6.93. The van der Waals surface area contributed by atoms with Crippen LogP contribution in [0, 0.1) is 0 Å². The van der Waals surface area contributed by atoms with Gasteiger partial charge in [-0.2, -0.15) is 0 Å². The van der Waals surface area contributed by atoms with Crippen LogP contribution in [0.1, 0.15) is 47.2 Å². The molecule has 4 aromatic carbocycles. The molecule has 0 fully saturated rings. The van der Waals surface area contributed by atoms with Gasteiger partial charge < -0.3 is 4.90 Å². The van der Waals surface area contributed by atoms with E-state index in [0.29, 0.717) is 0 Å². The molecular weight excluding hydrogens is 424 g/mol. The van der Waals surface area contributed by atoms with Crippen LogP contribution in [0.15, 0.2) is 84.9 Å². The number of benzene rings is 4. The van der Waals surface area contributed by atoms with Crippen molar-refractivity contribution in [2.75, 3.05) is 27.2 Å². The van der Waals surface area contributed by atoms with Crippen LogP contribution in [-0.2, 0) is 18.5 Å². The summed E-state index contributed by atoms with van der Waals surface area (Å²) in [5, 5.41) is 0. The third-order valence-electron chi connectivity index (χ3n) is 8.02. The summed E-state index contributed by atoms with van der Waals surface area (Å²) >= 11 is 0. The molecule has 176 valence electrons. The first kappa shape index (κ1) is 22.3. The van der Waals surface area contributed by atoms with Crippen LogP contribution in [-0.4, -0.2) is 37.0 Å². The van der Waals surface area contributed by atoms with Crippen molar-refractivity contribution in [2.45, 2.75) is 32.4 Å². The van der Waals surface area contributed by atoms with Crippen LogP contribution in [0.5, 0.6) is 0 Å². The van der Waals surface area contributed by atoms with Gasteiger partial charge in [0.2, 0.25) is 0 Å². The van der Waals surface area contributed by atoms with Gasteiger partial charge in [0.15, 0.2) is 0 Å². The molecule has 0 aromatic heterocycles. The Kier molecular flexibility index (Phi) is 5.40. The summed E-state index contributed by atoms with van der Waals surface area (Å²) in [6.45, 7) is 8.57. The number of rotatable bonds is 6. The zero-order valence-electron chi connectivity index (χ0n) is 21.3. The standard InChI is InChI=1S/C33H34N2/c1-5-35(6-2)22-24-16-18-28-26-12-8-10-14-30(26)33(32(28)20-24)29-13-9-7-11-25(29)27-17-15-23(19-31(27)33)21-34(3)4/h7-20H,5-6,21-22H2,1-4H3. The maximum atomic E-state index is 2.51. The van der Waals surface area contributed by atoms with Gasteiger partial charge >= 0.3 is 0 Å². The van der Waals surface area contributed by atoms with Crippen LogP contribution in [0.2, 0.25) is 0 Å². The average Bonchev–Trinajstić information content (AvgIpc) is 3.33. The second kappa shape index (κ2) is 8.48. The van der Waals surface area contributed by atoms with Crippen molar-refractivity contribution in [3.63, 3.8) is 0 Å². The van der Waals surface area contributed by atoms with Gasteiger partial charge in [0.05, 0.1) is 5.41 Å². The van der Waals surface area contributed by atoms with Crippen molar-refractivity contribution < 1.29 is 0 Å². The zero-order chi connectivity index (χ0) is 24.2. The maximum absolute atomic E-state index is 2.51. The van der Waals surface area contributed by atoms with E-state index in [9.17, 15) is 0 Å². The maximum Gasteiger partial charge on any atom is 0.0725 e. The van der Waals surface area contributed by atoms with Crippen LogP contribution >= 0.6 is 0 Å². The largest absolute Gasteiger partial charge is 0.305 e. The minimum atomic E-state index is -0.264. The fourth-order valence-corrected chi connectivity index (χ4v) is 6.50. The molecule has 0 aliphatic heterocycles. The minimum Gasteiger partial charge on any atom is -0.305 e. The topological polar surface area (TPSA) is 6.48 Å². The zero-order valence-corrected chi connectivity index (χ0v) is 21.3. The molecule has 0 bridgehead atoms. The van der Waals surface area contributed by atoms with E-state index in [1.54, 1.807) is 0 Å². The molecule has 1 atom stereocenters. The highest BCUT2D eigenvalue weighted by Crippen LogP contribution is 2.62. The van der Waals surface area contributed by atoms with E-state index in [4.69, 9.17) is 0 Å². The highest BCUT2D eigenvalue weighted by atomic mass is 15.1. The lowest BCUT2D eigenvalue weighted by molar-refractivity contribution is 0.296. The molecule has 2 aliphatic carbocycles. The second-order valence-electron chi connectivity index (χ2n) is 10.3. The van der Waals surface area contributed by atoms with Crippen LogP contribution in [0.4, 0.5) is 0 Å². The van der Waals surface area contributed by atoms with Crippen LogP contribution < -0.4 is 0 Å². The Labute approximate surface area is 209 Å². The van der Waals surface area contributed by atoms with E-state index in [0.717, 1.165) is 26.2 Å². The van der Waals surface area contributed by atoms with Gasteiger partial charge in [0.1, 0.15) is 0 Å². The van der Waals surface area contributed by atoms with E-state index >= 15 is 0 Å². The fraction of sp³-hybridized carbons (Fsp3) is 0.273. The number of hydrogen-bond donors (Lipinski definition) is 0. The van der Waals surface area contributed by atoms with E-state index in [-0.39, 0.29) is 5.41 Å². The smallest absolute Gasteiger partial charge is 0.0725 e. The highest BCUT2D eigenvalue weighted by Gasteiger charge is 2.51. The van der Waals surface area contributed by atoms with Gasteiger partial charge in [-0.1, -0.05) is 98.8 Å². The van der Waals surface area contributed by atoms with E-state index in [2.05, 4.69) is 123 Å². The monoisotopic (exact) mass is 458 g/mol. The molecule has 6 rings (SSSR count). The second-order valence-corrected chi connectivity index (χ2v) is 10.3. The normalized spacial score (nSPS) is 17.1. The lowest BCUT2D eigenvalue weighted by atomic mass is 9.70. The number of nitrogens with zero attached hydrogens (tertiary/aromatic N) is 2. The first-order chi connectivity index (χ1) is 17.1. The Hall–Kier alpha value is -3.20. The first-order valence-corrected chi connectivity index (χ1v) is 12.9. The van der Waals surface area contributed by atoms with Crippen molar-refractivity contribution in [2.24, 2.45) is 0 Å². The van der Waals surface area contributed by atoms with Crippen LogP contribution in [0.3, 0.4) is 0 Å². The molecule has 2 aliphatic rings. The molecule has 1 unspecified atom stereocenters. The summed E-state index contributed by atoms with van der Waals surface area (Å²) in [6, 6.07) is 32.6.